The summed E-state index contributed by atoms with van der Waals surface area (Å²) in [5, 5.41) is 4.19. The van der Waals surface area contributed by atoms with Gasteiger partial charge >= 0.3 is 0 Å². The smallest absolute Gasteiger partial charge is 0.144 e. The molecule has 0 radical (unpaired) electrons. The van der Waals surface area contributed by atoms with Gasteiger partial charge in [0.15, 0.2) is 0 Å². The van der Waals surface area contributed by atoms with Crippen molar-refractivity contribution in [2.45, 2.75) is 19.8 Å². The van der Waals surface area contributed by atoms with Crippen LogP contribution in [0.2, 0.25) is 0 Å². The standard InChI is InChI=1S/C17H22N4O/c1-12-19-9-13-7-15(16(22-2)8-14(13)20-12)21-5-3-17(4-6-21)10-18-11-17/h7-9,18H,3-6,10-11H2,1-2H3/i9D. The van der Waals surface area contributed by atoms with E-state index in [0.29, 0.717) is 11.2 Å². The molecule has 116 valence electrons. The lowest BCUT2D eigenvalue weighted by atomic mass is 9.73. The number of hydrogen-bond acceptors (Lipinski definition) is 5. The van der Waals surface area contributed by atoms with Crippen LogP contribution in [0.25, 0.3) is 10.9 Å². The molecule has 2 aliphatic rings. The lowest BCUT2D eigenvalue weighted by molar-refractivity contribution is 0.126. The van der Waals surface area contributed by atoms with Crippen molar-refractivity contribution in [2.24, 2.45) is 5.41 Å². The molecule has 0 saturated carbocycles. The van der Waals surface area contributed by atoms with Gasteiger partial charge in [-0.1, -0.05) is 0 Å². The van der Waals surface area contributed by atoms with E-state index in [-0.39, 0.29) is 6.17 Å². The van der Waals surface area contributed by atoms with Crippen LogP contribution in [0.4, 0.5) is 5.69 Å². The number of aryl methyl sites for hydroxylation is 1. The molecule has 0 unspecified atom stereocenters. The van der Waals surface area contributed by atoms with E-state index < -0.39 is 0 Å². The molecule has 0 bridgehead atoms. The summed E-state index contributed by atoms with van der Waals surface area (Å²) >= 11 is 0. The molecular formula is C17H22N4O. The Balaban J connectivity index is 1.71. The summed E-state index contributed by atoms with van der Waals surface area (Å²) in [6.07, 6.45) is 2.70. The highest BCUT2D eigenvalue weighted by Crippen LogP contribution is 2.40. The Hall–Kier alpha value is -1.88. The molecule has 1 spiro atoms. The second-order valence-electron chi connectivity index (χ2n) is 6.51. The maximum Gasteiger partial charge on any atom is 0.144 e. The van der Waals surface area contributed by atoms with Gasteiger partial charge in [0.25, 0.3) is 0 Å². The first kappa shape index (κ1) is 12.6. The number of hydrogen-bond donors (Lipinski definition) is 1. The van der Waals surface area contributed by atoms with Crippen LogP contribution < -0.4 is 15.0 Å². The fourth-order valence-corrected chi connectivity index (χ4v) is 3.54. The van der Waals surface area contributed by atoms with Gasteiger partial charge < -0.3 is 15.0 Å². The molecule has 2 aromatic rings. The SMILES string of the molecule is [2H]c1nc(C)nc2cc(OC)c(N3CCC4(CC3)CNC4)cc12. The number of nitrogens with one attached hydrogen (secondary N) is 1. The zero-order valence-corrected chi connectivity index (χ0v) is 13.1. The van der Waals surface area contributed by atoms with Crippen molar-refractivity contribution in [3.63, 3.8) is 0 Å². The van der Waals surface area contributed by atoms with Crippen LogP contribution in [0, 0.1) is 12.3 Å². The number of piperidine rings is 1. The number of fused-ring (bicyclic) bond motifs is 1. The first-order valence-electron chi connectivity index (χ1n) is 8.39. The molecule has 5 heteroatoms. The zero-order chi connectivity index (χ0) is 16.0. The van der Waals surface area contributed by atoms with Crippen LogP contribution in [0.3, 0.4) is 0 Å². The van der Waals surface area contributed by atoms with Crippen LogP contribution in [-0.4, -0.2) is 43.3 Å². The molecule has 0 atom stereocenters. The molecule has 2 fully saturated rings. The van der Waals surface area contributed by atoms with Crippen molar-refractivity contribution in [3.05, 3.63) is 24.1 Å². The average molecular weight is 299 g/mol. The summed E-state index contributed by atoms with van der Waals surface area (Å²) in [4.78, 5) is 11.0. The Morgan fingerprint density at radius 2 is 2.09 bits per heavy atom. The first-order chi connectivity index (χ1) is 11.1. The van der Waals surface area contributed by atoms with E-state index in [0.717, 1.165) is 48.5 Å². The van der Waals surface area contributed by atoms with Crippen LogP contribution in [0.15, 0.2) is 18.3 Å². The summed E-state index contributed by atoms with van der Waals surface area (Å²) in [6, 6.07) is 3.96. The van der Waals surface area contributed by atoms with Gasteiger partial charge in [0.05, 0.1) is 19.7 Å². The van der Waals surface area contributed by atoms with Crippen molar-refractivity contribution in [3.8, 4) is 5.75 Å². The quantitative estimate of drug-likeness (QED) is 0.920. The molecular weight excluding hydrogens is 276 g/mol. The molecule has 2 aliphatic heterocycles. The van der Waals surface area contributed by atoms with Gasteiger partial charge in [-0.25, -0.2) is 9.97 Å². The Bertz CT molecular complexity index is 750. The summed E-state index contributed by atoms with van der Waals surface area (Å²) in [7, 11) is 1.70. The van der Waals surface area contributed by atoms with Gasteiger partial charge in [0.1, 0.15) is 11.6 Å². The van der Waals surface area contributed by atoms with Gasteiger partial charge in [0, 0.05) is 43.8 Å². The minimum Gasteiger partial charge on any atom is -0.495 e. The third kappa shape index (κ3) is 2.20. The minimum absolute atomic E-state index is 0.285. The highest BCUT2D eigenvalue weighted by atomic mass is 16.5. The first-order valence-corrected chi connectivity index (χ1v) is 7.89. The fourth-order valence-electron chi connectivity index (χ4n) is 3.54. The molecule has 1 aromatic heterocycles. The fraction of sp³-hybridized carbons (Fsp3) is 0.529. The van der Waals surface area contributed by atoms with Crippen molar-refractivity contribution in [1.29, 1.82) is 0 Å². The predicted octanol–water partition coefficient (Wildman–Crippen LogP) is 2.14. The third-order valence-electron chi connectivity index (χ3n) is 5.08. The second kappa shape index (κ2) is 5.09. The number of nitrogens with zero attached hydrogens (tertiary/aromatic N) is 3. The number of anilines is 1. The molecule has 22 heavy (non-hydrogen) atoms. The van der Waals surface area contributed by atoms with Crippen molar-refractivity contribution in [2.75, 3.05) is 38.2 Å². The van der Waals surface area contributed by atoms with Crippen LogP contribution in [-0.2, 0) is 0 Å². The molecule has 2 saturated heterocycles. The van der Waals surface area contributed by atoms with Gasteiger partial charge in [-0.15, -0.1) is 0 Å². The normalized spacial score (nSPS) is 20.8. The van der Waals surface area contributed by atoms with Crippen LogP contribution >= 0.6 is 0 Å². The van der Waals surface area contributed by atoms with Crippen molar-refractivity contribution in [1.82, 2.24) is 15.3 Å². The van der Waals surface area contributed by atoms with E-state index in [1.165, 1.54) is 12.8 Å². The van der Waals surface area contributed by atoms with E-state index in [1.54, 1.807) is 7.11 Å². The van der Waals surface area contributed by atoms with E-state index >= 15 is 0 Å². The van der Waals surface area contributed by atoms with Gasteiger partial charge in [-0.2, -0.15) is 0 Å². The van der Waals surface area contributed by atoms with Gasteiger partial charge in [-0.05, 0) is 31.2 Å². The molecule has 1 N–H and O–H groups in total. The molecule has 4 rings (SSSR count). The van der Waals surface area contributed by atoms with E-state index in [9.17, 15) is 0 Å². The maximum absolute atomic E-state index is 8.13. The summed E-state index contributed by atoms with van der Waals surface area (Å²) in [5.74, 6) is 1.45. The Kier molecular flexibility index (Phi) is 2.92. The molecule has 1 aromatic carbocycles. The average Bonchev–Trinajstić information content (AvgIpc) is 2.52. The molecule has 5 nitrogen and oxygen atoms in total. The van der Waals surface area contributed by atoms with Crippen molar-refractivity contribution >= 4 is 16.6 Å². The Labute approximate surface area is 132 Å². The number of benzene rings is 1. The monoisotopic (exact) mass is 299 g/mol. The molecule has 3 heterocycles. The van der Waals surface area contributed by atoms with E-state index in [1.807, 2.05) is 19.1 Å². The van der Waals surface area contributed by atoms with Gasteiger partial charge in [0.2, 0.25) is 0 Å². The summed E-state index contributed by atoms with van der Waals surface area (Å²) < 4.78 is 13.7. The lowest BCUT2D eigenvalue weighted by Gasteiger charge is -2.49. The maximum atomic E-state index is 8.13. The minimum atomic E-state index is 0.285. The van der Waals surface area contributed by atoms with E-state index in [2.05, 4.69) is 20.2 Å². The Morgan fingerprint density at radius 1 is 1.32 bits per heavy atom. The van der Waals surface area contributed by atoms with Gasteiger partial charge in [-0.3, -0.25) is 0 Å². The number of rotatable bonds is 2. The van der Waals surface area contributed by atoms with Crippen LogP contribution in [0.1, 0.15) is 20.0 Å². The highest BCUT2D eigenvalue weighted by molar-refractivity contribution is 5.85. The zero-order valence-electron chi connectivity index (χ0n) is 14.1. The second-order valence-corrected chi connectivity index (χ2v) is 6.51. The topological polar surface area (TPSA) is 50.3 Å². The number of methoxy groups -OCH3 is 1. The predicted molar refractivity (Wildman–Crippen MR) is 87.6 cm³/mol. The lowest BCUT2D eigenvalue weighted by Crippen LogP contribution is -2.58. The highest BCUT2D eigenvalue weighted by Gasteiger charge is 2.39. The number of ether oxygens (including phenoxy) is 1. The Morgan fingerprint density at radius 3 is 2.73 bits per heavy atom. The third-order valence-corrected chi connectivity index (χ3v) is 5.08. The largest absolute Gasteiger partial charge is 0.495 e. The van der Waals surface area contributed by atoms with E-state index in [4.69, 9.17) is 6.11 Å². The summed E-state index contributed by atoms with van der Waals surface area (Å²) in [5.41, 5.74) is 2.35. The number of aromatic nitrogens is 2. The molecule has 0 aliphatic carbocycles. The van der Waals surface area contributed by atoms with Crippen molar-refractivity contribution < 1.29 is 6.11 Å². The van der Waals surface area contributed by atoms with Crippen LogP contribution in [0.5, 0.6) is 5.75 Å². The summed E-state index contributed by atoms with van der Waals surface area (Å²) in [6.45, 7) is 6.18. The molecule has 0 amide bonds.